The highest BCUT2D eigenvalue weighted by molar-refractivity contribution is 7.98. The average molecular weight is 299 g/mol. The van der Waals surface area contributed by atoms with Gasteiger partial charge in [0.15, 0.2) is 0 Å². The number of nitrogens with one attached hydrogen (secondary N) is 3. The van der Waals surface area contributed by atoms with Gasteiger partial charge in [-0.2, -0.15) is 11.8 Å². The third-order valence-corrected chi connectivity index (χ3v) is 3.25. The summed E-state index contributed by atoms with van der Waals surface area (Å²) < 4.78 is 0. The smallest absolute Gasteiger partial charge is 0.325 e. The Kier molecular flexibility index (Phi) is 6.26. The van der Waals surface area contributed by atoms with Gasteiger partial charge >= 0.3 is 5.69 Å². The molecule has 1 aromatic heterocycles. The normalized spacial score (nSPS) is 12.6. The molecule has 0 aliphatic heterocycles. The molecule has 1 heterocycles. The van der Waals surface area contributed by atoms with Crippen LogP contribution in [0.3, 0.4) is 0 Å². The Morgan fingerprint density at radius 2 is 2.15 bits per heavy atom. The van der Waals surface area contributed by atoms with Crippen molar-refractivity contribution in [1.29, 1.82) is 0 Å². The number of aromatic nitrogens is 2. The van der Waals surface area contributed by atoms with E-state index in [1.54, 1.807) is 6.92 Å². The zero-order valence-corrected chi connectivity index (χ0v) is 12.0. The highest BCUT2D eigenvalue weighted by Crippen LogP contribution is 1.99. The van der Waals surface area contributed by atoms with Gasteiger partial charge in [-0.05, 0) is 19.3 Å². The van der Waals surface area contributed by atoms with Crippen molar-refractivity contribution < 1.29 is 9.90 Å². The molecule has 0 saturated heterocycles. The molecule has 0 aliphatic carbocycles. The zero-order chi connectivity index (χ0) is 15.1. The molecule has 0 radical (unpaired) electrons. The maximum Gasteiger partial charge on any atom is 0.325 e. The van der Waals surface area contributed by atoms with Crippen LogP contribution in [0.4, 0.5) is 0 Å². The fourth-order valence-electron chi connectivity index (χ4n) is 1.56. The molecule has 4 N–H and O–H groups in total. The maximum absolute atomic E-state index is 11.6. The Hall–Kier alpha value is -1.80. The van der Waals surface area contributed by atoms with Crippen LogP contribution in [0.1, 0.15) is 11.3 Å². The van der Waals surface area contributed by atoms with Gasteiger partial charge in [-0.15, -0.1) is 0 Å². The van der Waals surface area contributed by atoms with Crippen LogP contribution in [-0.4, -0.2) is 45.6 Å². The Labute approximate surface area is 119 Å². The molecule has 0 aromatic carbocycles. The largest absolute Gasteiger partial charge is 0.394 e. The van der Waals surface area contributed by atoms with Crippen LogP contribution in [0.15, 0.2) is 15.7 Å². The van der Waals surface area contributed by atoms with Gasteiger partial charge in [-0.3, -0.25) is 14.6 Å². The van der Waals surface area contributed by atoms with Crippen molar-refractivity contribution in [2.45, 2.75) is 13.0 Å². The van der Waals surface area contributed by atoms with E-state index in [4.69, 9.17) is 5.11 Å². The fourth-order valence-corrected chi connectivity index (χ4v) is 2.15. The summed E-state index contributed by atoms with van der Waals surface area (Å²) in [4.78, 5) is 38.7. The Balaban J connectivity index is 2.80. The molecule has 1 aromatic rings. The second-order valence-electron chi connectivity index (χ2n) is 4.12. The first-order valence-corrected chi connectivity index (χ1v) is 7.29. The summed E-state index contributed by atoms with van der Waals surface area (Å²) in [5.74, 6) is 0.178. The molecule has 0 aliphatic rings. The summed E-state index contributed by atoms with van der Waals surface area (Å²) in [7, 11) is 0. The van der Waals surface area contributed by atoms with Gasteiger partial charge in [0.25, 0.3) is 5.56 Å². The maximum atomic E-state index is 11.6. The second-order valence-corrected chi connectivity index (χ2v) is 5.03. The van der Waals surface area contributed by atoms with Gasteiger partial charge in [0.05, 0.1) is 18.2 Å². The van der Waals surface area contributed by atoms with Crippen LogP contribution in [0.5, 0.6) is 0 Å². The Morgan fingerprint density at radius 3 is 2.70 bits per heavy atom. The van der Waals surface area contributed by atoms with E-state index in [2.05, 4.69) is 15.3 Å². The summed E-state index contributed by atoms with van der Waals surface area (Å²) in [5.41, 5.74) is -0.552. The minimum Gasteiger partial charge on any atom is -0.394 e. The number of amides is 1. The number of hydrogen-bond acceptors (Lipinski definition) is 5. The van der Waals surface area contributed by atoms with Crippen LogP contribution in [0.25, 0.3) is 6.08 Å². The molecule has 0 fully saturated rings. The van der Waals surface area contributed by atoms with Crippen molar-refractivity contribution in [3.8, 4) is 0 Å². The molecule has 0 unspecified atom stereocenters. The monoisotopic (exact) mass is 299 g/mol. The number of hydrogen-bond donors (Lipinski definition) is 4. The summed E-state index contributed by atoms with van der Waals surface area (Å²) in [6, 6.07) is -0.336. The minimum atomic E-state index is -0.589. The Bertz CT molecular complexity index is 605. The average Bonchev–Trinajstić information content (AvgIpc) is 2.36. The van der Waals surface area contributed by atoms with Crippen LogP contribution in [0, 0.1) is 6.92 Å². The van der Waals surface area contributed by atoms with Crippen LogP contribution < -0.4 is 16.6 Å². The van der Waals surface area contributed by atoms with Gasteiger partial charge in [-0.25, -0.2) is 4.79 Å². The number of carbonyl (C=O) groups is 1. The molecular formula is C12H17N3O4S. The van der Waals surface area contributed by atoms with Crippen LogP contribution in [0.2, 0.25) is 0 Å². The number of aromatic amines is 2. The molecule has 1 atom stereocenters. The molecular weight excluding hydrogens is 282 g/mol. The molecule has 20 heavy (non-hydrogen) atoms. The minimum absolute atomic E-state index is 0.154. The van der Waals surface area contributed by atoms with Crippen molar-refractivity contribution in [2.75, 3.05) is 18.6 Å². The lowest BCUT2D eigenvalue weighted by atomic mass is 10.2. The Morgan fingerprint density at radius 1 is 1.45 bits per heavy atom. The number of carbonyl (C=O) groups excluding carboxylic acids is 1. The van der Waals surface area contributed by atoms with Crippen molar-refractivity contribution >= 4 is 23.7 Å². The first kappa shape index (κ1) is 16.3. The van der Waals surface area contributed by atoms with Gasteiger partial charge in [0.2, 0.25) is 5.91 Å². The van der Waals surface area contributed by atoms with Gasteiger partial charge in [-0.1, -0.05) is 0 Å². The molecule has 110 valence electrons. The van der Waals surface area contributed by atoms with Gasteiger partial charge in [0.1, 0.15) is 0 Å². The predicted octanol–water partition coefficient (Wildman–Crippen LogP) is -0.775. The third-order valence-electron chi connectivity index (χ3n) is 2.51. The van der Waals surface area contributed by atoms with E-state index >= 15 is 0 Å². The number of aliphatic hydroxyl groups is 1. The first-order chi connectivity index (χ1) is 9.47. The van der Waals surface area contributed by atoms with E-state index in [0.717, 1.165) is 0 Å². The fraction of sp³-hybridized carbons (Fsp3) is 0.417. The summed E-state index contributed by atoms with van der Waals surface area (Å²) >= 11 is 1.50. The lowest BCUT2D eigenvalue weighted by Crippen LogP contribution is -2.38. The van der Waals surface area contributed by atoms with E-state index in [1.165, 1.54) is 23.9 Å². The molecule has 7 nitrogen and oxygen atoms in total. The summed E-state index contributed by atoms with van der Waals surface area (Å²) in [6.45, 7) is 1.41. The molecule has 0 spiro atoms. The topological polar surface area (TPSA) is 115 Å². The number of thioether (sulfide) groups is 1. The van der Waals surface area contributed by atoms with E-state index in [0.29, 0.717) is 11.4 Å². The number of aliphatic hydroxyl groups excluding tert-OH is 1. The van der Waals surface area contributed by atoms with Crippen molar-refractivity contribution in [3.63, 3.8) is 0 Å². The summed E-state index contributed by atoms with van der Waals surface area (Å²) in [5, 5.41) is 11.7. The molecule has 0 bridgehead atoms. The zero-order valence-electron chi connectivity index (χ0n) is 11.2. The van der Waals surface area contributed by atoms with Crippen molar-refractivity contribution in [1.82, 2.24) is 15.3 Å². The number of aryl methyl sites for hydroxylation is 1. The number of rotatable bonds is 6. The van der Waals surface area contributed by atoms with Crippen molar-refractivity contribution in [2.24, 2.45) is 0 Å². The standard InChI is InChI=1S/C12H17N3O4S/c1-7-9(11(18)15-12(19)13-7)3-4-10(17)14-8(5-16)6-20-2/h3-4,8,16H,5-6H2,1-2H3,(H,14,17)(H2,13,15,18,19)/b4-3+/t8-/m1/s1. The number of H-pyrrole nitrogens is 2. The van der Waals surface area contributed by atoms with E-state index < -0.39 is 17.2 Å². The second kappa shape index (κ2) is 7.71. The summed E-state index contributed by atoms with van der Waals surface area (Å²) in [6.07, 6.45) is 4.39. The van der Waals surface area contributed by atoms with E-state index in [9.17, 15) is 14.4 Å². The van der Waals surface area contributed by atoms with Crippen LogP contribution >= 0.6 is 11.8 Å². The lowest BCUT2D eigenvalue weighted by Gasteiger charge is -2.13. The highest BCUT2D eigenvalue weighted by atomic mass is 32.2. The highest BCUT2D eigenvalue weighted by Gasteiger charge is 2.09. The van der Waals surface area contributed by atoms with E-state index in [1.807, 2.05) is 6.26 Å². The molecule has 1 rings (SSSR count). The van der Waals surface area contributed by atoms with E-state index in [-0.39, 0.29) is 18.2 Å². The third kappa shape index (κ3) is 4.71. The van der Waals surface area contributed by atoms with Gasteiger partial charge in [0, 0.05) is 17.5 Å². The quantitative estimate of drug-likeness (QED) is 0.515. The molecule has 1 amide bonds. The predicted molar refractivity (Wildman–Crippen MR) is 78.9 cm³/mol. The molecule has 8 heteroatoms. The first-order valence-electron chi connectivity index (χ1n) is 5.89. The van der Waals surface area contributed by atoms with Gasteiger partial charge < -0.3 is 15.4 Å². The van der Waals surface area contributed by atoms with Crippen LogP contribution in [-0.2, 0) is 4.79 Å². The SMILES string of the molecule is CSC[C@@H](CO)NC(=O)/C=C/c1c(C)[nH]c(=O)[nH]c1=O. The molecule has 0 saturated carbocycles. The van der Waals surface area contributed by atoms with Crippen molar-refractivity contribution in [3.05, 3.63) is 38.2 Å². The lowest BCUT2D eigenvalue weighted by molar-refractivity contribution is -0.117.